The van der Waals surface area contributed by atoms with Gasteiger partial charge in [0.2, 0.25) is 0 Å². The van der Waals surface area contributed by atoms with E-state index in [0.29, 0.717) is 5.56 Å². The van der Waals surface area contributed by atoms with E-state index >= 15 is 0 Å². The van der Waals surface area contributed by atoms with Crippen LogP contribution in [0.1, 0.15) is 31.7 Å². The van der Waals surface area contributed by atoms with E-state index in [-0.39, 0.29) is 6.42 Å². The van der Waals surface area contributed by atoms with Crippen molar-refractivity contribution >= 4 is 5.97 Å². The highest BCUT2D eigenvalue weighted by Crippen LogP contribution is 2.30. The number of methoxy groups -OCH3 is 1. The molecule has 0 fully saturated rings. The predicted molar refractivity (Wildman–Crippen MR) is 64.0 cm³/mol. The van der Waals surface area contributed by atoms with Crippen molar-refractivity contribution in [3.05, 3.63) is 35.4 Å². The summed E-state index contributed by atoms with van der Waals surface area (Å²) in [4.78, 5) is 11.3. The highest BCUT2D eigenvalue weighted by atomic mass is 19.2. The lowest BCUT2D eigenvalue weighted by Crippen LogP contribution is -2.40. The van der Waals surface area contributed by atoms with Gasteiger partial charge in [-0.25, -0.2) is 8.78 Å². The third-order valence-corrected chi connectivity index (χ3v) is 2.84. The van der Waals surface area contributed by atoms with Crippen LogP contribution in [-0.2, 0) is 9.53 Å². The first-order valence-corrected chi connectivity index (χ1v) is 5.56. The molecule has 0 heterocycles. The standard InChI is InChI=1S/C13H17F2NO2/c1-13(2,16)9(7-12(17)18-3)8-4-5-10(14)11(15)6-8/h4-6,9H,7,16H2,1-3H3. The maximum absolute atomic E-state index is 13.2. The maximum Gasteiger partial charge on any atom is 0.306 e. The summed E-state index contributed by atoms with van der Waals surface area (Å²) in [7, 11) is 1.27. The van der Waals surface area contributed by atoms with Gasteiger partial charge in [-0.2, -0.15) is 0 Å². The fraction of sp³-hybridized carbons (Fsp3) is 0.462. The van der Waals surface area contributed by atoms with Gasteiger partial charge < -0.3 is 10.5 Å². The molecule has 0 amide bonds. The first kappa shape index (κ1) is 14.6. The predicted octanol–water partition coefficient (Wildman–Crippen LogP) is 2.35. The lowest BCUT2D eigenvalue weighted by molar-refractivity contribution is -0.141. The van der Waals surface area contributed by atoms with Gasteiger partial charge in [-0.05, 0) is 31.5 Å². The zero-order chi connectivity index (χ0) is 13.9. The first-order chi connectivity index (χ1) is 8.25. The minimum Gasteiger partial charge on any atom is -0.469 e. The number of hydrogen-bond donors (Lipinski definition) is 1. The Morgan fingerprint density at radius 3 is 2.44 bits per heavy atom. The van der Waals surface area contributed by atoms with E-state index in [0.717, 1.165) is 12.1 Å². The van der Waals surface area contributed by atoms with Crippen molar-refractivity contribution in [1.82, 2.24) is 0 Å². The first-order valence-electron chi connectivity index (χ1n) is 5.56. The van der Waals surface area contributed by atoms with Crippen molar-refractivity contribution in [1.29, 1.82) is 0 Å². The van der Waals surface area contributed by atoms with Crippen LogP contribution < -0.4 is 5.73 Å². The number of carbonyl (C=O) groups excluding carboxylic acids is 1. The van der Waals surface area contributed by atoms with Crippen LogP contribution in [-0.4, -0.2) is 18.6 Å². The number of hydrogen-bond acceptors (Lipinski definition) is 3. The van der Waals surface area contributed by atoms with Crippen molar-refractivity contribution < 1.29 is 18.3 Å². The van der Waals surface area contributed by atoms with Crippen molar-refractivity contribution in [2.75, 3.05) is 7.11 Å². The van der Waals surface area contributed by atoms with Crippen molar-refractivity contribution in [2.45, 2.75) is 31.7 Å². The molecule has 0 aromatic heterocycles. The minimum atomic E-state index is -0.952. The van der Waals surface area contributed by atoms with Crippen LogP contribution in [0.3, 0.4) is 0 Å². The van der Waals surface area contributed by atoms with Gasteiger partial charge in [0.15, 0.2) is 11.6 Å². The molecule has 100 valence electrons. The van der Waals surface area contributed by atoms with Crippen LogP contribution in [0.4, 0.5) is 8.78 Å². The highest BCUT2D eigenvalue weighted by Gasteiger charge is 2.30. The van der Waals surface area contributed by atoms with Crippen LogP contribution in [0.25, 0.3) is 0 Å². The van der Waals surface area contributed by atoms with Crippen molar-refractivity contribution in [3.63, 3.8) is 0 Å². The van der Waals surface area contributed by atoms with Gasteiger partial charge in [0, 0.05) is 11.5 Å². The summed E-state index contributed by atoms with van der Waals surface area (Å²) in [5.74, 6) is -2.76. The molecule has 0 aliphatic rings. The molecule has 2 N–H and O–H groups in total. The Labute approximate surface area is 105 Å². The second-order valence-electron chi connectivity index (χ2n) is 4.83. The van der Waals surface area contributed by atoms with E-state index in [1.807, 2.05) is 0 Å². The molecule has 1 aromatic rings. The molecule has 0 saturated carbocycles. The molecule has 0 saturated heterocycles. The molecule has 0 aliphatic carbocycles. The number of nitrogens with two attached hydrogens (primary N) is 1. The minimum absolute atomic E-state index is 0.0189. The maximum atomic E-state index is 13.2. The monoisotopic (exact) mass is 257 g/mol. The molecule has 0 bridgehead atoms. The summed E-state index contributed by atoms with van der Waals surface area (Å²) < 4.78 is 30.7. The fourth-order valence-electron chi connectivity index (χ4n) is 1.79. The molecule has 3 nitrogen and oxygen atoms in total. The summed E-state index contributed by atoms with van der Waals surface area (Å²) in [6, 6.07) is 3.53. The summed E-state index contributed by atoms with van der Waals surface area (Å²) in [5, 5.41) is 0. The van der Waals surface area contributed by atoms with Gasteiger partial charge in [-0.3, -0.25) is 4.79 Å². The van der Waals surface area contributed by atoms with Gasteiger partial charge in [-0.1, -0.05) is 6.07 Å². The van der Waals surface area contributed by atoms with Crippen LogP contribution in [0.15, 0.2) is 18.2 Å². The molecular formula is C13H17F2NO2. The molecule has 5 heteroatoms. The number of ether oxygens (including phenoxy) is 1. The quantitative estimate of drug-likeness (QED) is 0.842. The Balaban J connectivity index is 3.10. The Morgan fingerprint density at radius 2 is 2.00 bits per heavy atom. The molecule has 0 radical (unpaired) electrons. The van der Waals surface area contributed by atoms with Crippen LogP contribution >= 0.6 is 0 Å². The lowest BCUT2D eigenvalue weighted by Gasteiger charge is -2.30. The van der Waals surface area contributed by atoms with Crippen molar-refractivity contribution in [2.24, 2.45) is 5.73 Å². The molecule has 0 spiro atoms. The van der Waals surface area contributed by atoms with Gasteiger partial charge in [0.25, 0.3) is 0 Å². The molecule has 1 rings (SSSR count). The normalized spacial score (nSPS) is 13.2. The van der Waals surface area contributed by atoms with E-state index < -0.39 is 29.1 Å². The molecule has 18 heavy (non-hydrogen) atoms. The molecule has 1 unspecified atom stereocenters. The number of rotatable bonds is 4. The Kier molecular flexibility index (Phi) is 4.40. The fourth-order valence-corrected chi connectivity index (χ4v) is 1.79. The second-order valence-corrected chi connectivity index (χ2v) is 4.83. The average molecular weight is 257 g/mol. The van der Waals surface area contributed by atoms with Gasteiger partial charge in [-0.15, -0.1) is 0 Å². The van der Waals surface area contributed by atoms with E-state index in [9.17, 15) is 13.6 Å². The van der Waals surface area contributed by atoms with Crippen LogP contribution in [0, 0.1) is 11.6 Å². The average Bonchev–Trinajstić information content (AvgIpc) is 2.28. The summed E-state index contributed by atoms with van der Waals surface area (Å²) in [6.07, 6.45) is 0.0189. The van der Waals surface area contributed by atoms with Crippen molar-refractivity contribution in [3.8, 4) is 0 Å². The number of carbonyl (C=O) groups is 1. The molecule has 1 aromatic carbocycles. The Hall–Kier alpha value is -1.49. The third kappa shape index (κ3) is 3.50. The van der Waals surface area contributed by atoms with Crippen LogP contribution in [0.2, 0.25) is 0 Å². The molecule has 0 aliphatic heterocycles. The topological polar surface area (TPSA) is 52.3 Å². The number of halogens is 2. The Bertz CT molecular complexity index is 441. The van der Waals surface area contributed by atoms with Gasteiger partial charge >= 0.3 is 5.97 Å². The Morgan fingerprint density at radius 1 is 1.39 bits per heavy atom. The van der Waals surface area contributed by atoms with E-state index in [1.165, 1.54) is 13.2 Å². The lowest BCUT2D eigenvalue weighted by atomic mass is 9.80. The summed E-state index contributed by atoms with van der Waals surface area (Å²) in [6.45, 7) is 3.45. The summed E-state index contributed by atoms with van der Waals surface area (Å²) in [5.41, 5.74) is 5.71. The zero-order valence-electron chi connectivity index (χ0n) is 10.7. The van der Waals surface area contributed by atoms with Crippen LogP contribution in [0.5, 0.6) is 0 Å². The molecular weight excluding hydrogens is 240 g/mol. The van der Waals surface area contributed by atoms with E-state index in [1.54, 1.807) is 13.8 Å². The number of esters is 1. The van der Waals surface area contributed by atoms with Gasteiger partial charge in [0.05, 0.1) is 13.5 Å². The summed E-state index contributed by atoms with van der Waals surface area (Å²) >= 11 is 0. The third-order valence-electron chi connectivity index (χ3n) is 2.84. The smallest absolute Gasteiger partial charge is 0.306 e. The van der Waals surface area contributed by atoms with E-state index in [2.05, 4.69) is 4.74 Å². The largest absolute Gasteiger partial charge is 0.469 e. The van der Waals surface area contributed by atoms with E-state index in [4.69, 9.17) is 5.73 Å². The van der Waals surface area contributed by atoms with Gasteiger partial charge in [0.1, 0.15) is 0 Å². The molecule has 1 atom stereocenters. The number of benzene rings is 1. The SMILES string of the molecule is COC(=O)CC(c1ccc(F)c(F)c1)C(C)(C)N. The highest BCUT2D eigenvalue weighted by molar-refractivity contribution is 5.70. The zero-order valence-corrected chi connectivity index (χ0v) is 10.7. The second kappa shape index (κ2) is 5.44.